The van der Waals surface area contributed by atoms with E-state index in [-0.39, 0.29) is 5.54 Å². The van der Waals surface area contributed by atoms with E-state index < -0.39 is 0 Å². The normalized spacial score (nSPS) is 17.3. The van der Waals surface area contributed by atoms with Crippen molar-refractivity contribution in [2.75, 3.05) is 26.2 Å². The predicted molar refractivity (Wildman–Crippen MR) is 78.8 cm³/mol. The Bertz CT molecular complexity index is 596. The second-order valence-electron chi connectivity index (χ2n) is 5.84. The third-order valence-corrected chi connectivity index (χ3v) is 4.10. The molecule has 0 spiro atoms. The number of aryl methyl sites for hydroxylation is 1. The summed E-state index contributed by atoms with van der Waals surface area (Å²) in [4.78, 5) is 6.91. The van der Waals surface area contributed by atoms with Gasteiger partial charge < -0.3 is 14.3 Å². The molecule has 114 valence electrons. The Hall–Kier alpha value is -1.66. The highest BCUT2D eigenvalue weighted by Gasteiger charge is 2.34. The number of nitrogens with one attached hydrogen (secondary N) is 1. The van der Waals surface area contributed by atoms with E-state index in [4.69, 9.17) is 8.94 Å². The molecule has 1 N–H and O–H groups in total. The van der Waals surface area contributed by atoms with E-state index in [2.05, 4.69) is 41.1 Å². The first-order valence-electron chi connectivity index (χ1n) is 7.50. The molecule has 21 heavy (non-hydrogen) atoms. The van der Waals surface area contributed by atoms with Crippen molar-refractivity contribution in [3.8, 4) is 11.7 Å². The molecular weight excluding hydrogens is 268 g/mol. The number of piperazine rings is 1. The van der Waals surface area contributed by atoms with Gasteiger partial charge in [-0.3, -0.25) is 4.90 Å². The van der Waals surface area contributed by atoms with E-state index in [1.165, 1.54) is 0 Å². The molecule has 1 fully saturated rings. The van der Waals surface area contributed by atoms with Crippen molar-refractivity contribution in [3.63, 3.8) is 0 Å². The first-order chi connectivity index (χ1) is 10.1. The number of hydrogen-bond donors (Lipinski definition) is 1. The summed E-state index contributed by atoms with van der Waals surface area (Å²) < 4.78 is 11.1. The van der Waals surface area contributed by atoms with Crippen LogP contribution in [0.15, 0.2) is 21.1 Å². The summed E-state index contributed by atoms with van der Waals surface area (Å²) >= 11 is 0. The van der Waals surface area contributed by atoms with Crippen LogP contribution in [0.4, 0.5) is 0 Å². The summed E-state index contributed by atoms with van der Waals surface area (Å²) in [6.45, 7) is 10.3. The first kappa shape index (κ1) is 14.3. The van der Waals surface area contributed by atoms with Gasteiger partial charge in [-0.25, -0.2) is 0 Å². The molecule has 0 aliphatic carbocycles. The van der Waals surface area contributed by atoms with Gasteiger partial charge in [-0.15, -0.1) is 0 Å². The lowest BCUT2D eigenvalue weighted by atomic mass is 10.0. The van der Waals surface area contributed by atoms with Crippen LogP contribution >= 0.6 is 0 Å². The average Bonchev–Trinajstić information content (AvgIpc) is 3.17. The number of aromatic nitrogens is 2. The molecule has 2 aromatic heterocycles. The van der Waals surface area contributed by atoms with Gasteiger partial charge in [0.05, 0.1) is 5.54 Å². The molecule has 2 aromatic rings. The predicted octanol–water partition coefficient (Wildman–Crippen LogP) is 2.03. The van der Waals surface area contributed by atoms with Crippen LogP contribution in [0.3, 0.4) is 0 Å². The Kier molecular flexibility index (Phi) is 3.82. The van der Waals surface area contributed by atoms with Crippen LogP contribution in [-0.2, 0) is 12.0 Å². The fourth-order valence-corrected chi connectivity index (χ4v) is 2.62. The van der Waals surface area contributed by atoms with Crippen molar-refractivity contribution in [1.29, 1.82) is 0 Å². The summed E-state index contributed by atoms with van der Waals surface area (Å²) in [5.74, 6) is 2.72. The topological polar surface area (TPSA) is 67.3 Å². The highest BCUT2D eigenvalue weighted by molar-refractivity contribution is 5.44. The van der Waals surface area contributed by atoms with Gasteiger partial charge in [0.25, 0.3) is 5.89 Å². The number of rotatable bonds is 4. The van der Waals surface area contributed by atoms with Crippen molar-refractivity contribution >= 4 is 0 Å². The Morgan fingerprint density at radius 3 is 2.71 bits per heavy atom. The zero-order valence-corrected chi connectivity index (χ0v) is 12.8. The number of furan rings is 1. The molecule has 0 amide bonds. The quantitative estimate of drug-likeness (QED) is 0.929. The minimum Gasteiger partial charge on any atom is -0.456 e. The molecule has 0 atom stereocenters. The molecule has 0 aromatic carbocycles. The van der Waals surface area contributed by atoms with E-state index in [1.54, 1.807) is 0 Å². The lowest BCUT2D eigenvalue weighted by Crippen LogP contribution is -2.52. The summed E-state index contributed by atoms with van der Waals surface area (Å²) in [6.07, 6.45) is 0.854. The molecule has 0 unspecified atom stereocenters. The zero-order valence-electron chi connectivity index (χ0n) is 12.8. The van der Waals surface area contributed by atoms with Gasteiger partial charge in [-0.05, 0) is 26.0 Å². The molecule has 1 saturated heterocycles. The second-order valence-corrected chi connectivity index (χ2v) is 5.84. The van der Waals surface area contributed by atoms with Crippen LogP contribution in [-0.4, -0.2) is 41.2 Å². The van der Waals surface area contributed by atoms with E-state index >= 15 is 0 Å². The summed E-state index contributed by atoms with van der Waals surface area (Å²) in [5.41, 5.74) is -0.246. The molecule has 0 saturated carbocycles. The summed E-state index contributed by atoms with van der Waals surface area (Å²) in [5, 5.41) is 7.52. The number of nitrogens with zero attached hydrogens (tertiary/aromatic N) is 3. The lowest BCUT2D eigenvalue weighted by molar-refractivity contribution is 0.0924. The maximum Gasteiger partial charge on any atom is 0.293 e. The van der Waals surface area contributed by atoms with Crippen molar-refractivity contribution in [3.05, 3.63) is 23.7 Å². The average molecular weight is 290 g/mol. The number of hydrogen-bond acceptors (Lipinski definition) is 6. The molecule has 6 heteroatoms. The van der Waals surface area contributed by atoms with E-state index in [0.717, 1.165) is 38.4 Å². The fraction of sp³-hybridized carbons (Fsp3) is 0.600. The standard InChI is InChI=1S/C15H22N4O2/c1-4-11-5-6-12(20-11)13-17-14(18-21-13)15(2,3)19-9-7-16-8-10-19/h5-6,16H,4,7-10H2,1-3H3. The minimum atomic E-state index is -0.246. The van der Waals surface area contributed by atoms with Crippen molar-refractivity contribution in [2.24, 2.45) is 0 Å². The van der Waals surface area contributed by atoms with Crippen molar-refractivity contribution in [2.45, 2.75) is 32.7 Å². The van der Waals surface area contributed by atoms with E-state index in [0.29, 0.717) is 17.5 Å². The van der Waals surface area contributed by atoms with E-state index in [1.807, 2.05) is 12.1 Å². The van der Waals surface area contributed by atoms with E-state index in [9.17, 15) is 0 Å². The monoisotopic (exact) mass is 290 g/mol. The Morgan fingerprint density at radius 1 is 1.29 bits per heavy atom. The molecule has 0 bridgehead atoms. The third-order valence-electron chi connectivity index (χ3n) is 4.10. The maximum absolute atomic E-state index is 5.67. The molecule has 1 aliphatic heterocycles. The maximum atomic E-state index is 5.67. The van der Waals surface area contributed by atoms with Crippen LogP contribution < -0.4 is 5.32 Å². The van der Waals surface area contributed by atoms with Crippen LogP contribution in [0.2, 0.25) is 0 Å². The van der Waals surface area contributed by atoms with Crippen LogP contribution in [0.25, 0.3) is 11.7 Å². The molecule has 6 nitrogen and oxygen atoms in total. The summed E-state index contributed by atoms with van der Waals surface area (Å²) in [6, 6.07) is 3.83. The molecule has 3 heterocycles. The van der Waals surface area contributed by atoms with Gasteiger partial charge in [0, 0.05) is 32.6 Å². The second kappa shape index (κ2) is 5.61. The van der Waals surface area contributed by atoms with Gasteiger partial charge in [0.1, 0.15) is 5.76 Å². The van der Waals surface area contributed by atoms with Crippen LogP contribution in [0.5, 0.6) is 0 Å². The highest BCUT2D eigenvalue weighted by atomic mass is 16.5. The van der Waals surface area contributed by atoms with Crippen LogP contribution in [0, 0.1) is 0 Å². The highest BCUT2D eigenvalue weighted by Crippen LogP contribution is 2.28. The lowest BCUT2D eigenvalue weighted by Gasteiger charge is -2.38. The zero-order chi connectivity index (χ0) is 14.9. The van der Waals surface area contributed by atoms with Crippen molar-refractivity contribution in [1.82, 2.24) is 20.4 Å². The first-order valence-corrected chi connectivity index (χ1v) is 7.50. The van der Waals surface area contributed by atoms with Gasteiger partial charge in [0.15, 0.2) is 11.6 Å². The van der Waals surface area contributed by atoms with Gasteiger partial charge in [0.2, 0.25) is 0 Å². The Morgan fingerprint density at radius 2 is 2.05 bits per heavy atom. The largest absolute Gasteiger partial charge is 0.456 e. The Balaban J connectivity index is 1.83. The smallest absolute Gasteiger partial charge is 0.293 e. The Labute approximate surface area is 124 Å². The molecule has 0 radical (unpaired) electrons. The SMILES string of the molecule is CCc1ccc(-c2nc(C(C)(C)N3CCNCC3)no2)o1. The summed E-state index contributed by atoms with van der Waals surface area (Å²) in [7, 11) is 0. The van der Waals surface area contributed by atoms with Crippen LogP contribution in [0.1, 0.15) is 32.4 Å². The fourth-order valence-electron chi connectivity index (χ4n) is 2.62. The van der Waals surface area contributed by atoms with Gasteiger partial charge in [-0.1, -0.05) is 12.1 Å². The molecule has 1 aliphatic rings. The molecular formula is C15H22N4O2. The van der Waals surface area contributed by atoms with Gasteiger partial charge in [-0.2, -0.15) is 4.98 Å². The van der Waals surface area contributed by atoms with Gasteiger partial charge >= 0.3 is 0 Å². The minimum absolute atomic E-state index is 0.246. The third kappa shape index (κ3) is 2.73. The molecule has 3 rings (SSSR count). The van der Waals surface area contributed by atoms with Crippen molar-refractivity contribution < 1.29 is 8.94 Å².